The number of fused-ring (bicyclic) bond motifs is 1. The number of likely N-dealkylation sites (tertiary alicyclic amines) is 1. The summed E-state index contributed by atoms with van der Waals surface area (Å²) >= 11 is 5.77. The number of methoxy groups -OCH3 is 1. The molecule has 4 rings (SSSR count). The number of benzene rings is 2. The van der Waals surface area contributed by atoms with Crippen LogP contribution in [0.1, 0.15) is 40.5 Å². The first kappa shape index (κ1) is 35.7. The van der Waals surface area contributed by atoms with Crippen molar-refractivity contribution < 1.29 is 32.6 Å². The molecule has 47 heavy (non-hydrogen) atoms. The molecular weight excluding hydrogens is 636 g/mol. The average Bonchev–Trinajstić information content (AvgIpc) is 3.53. The van der Waals surface area contributed by atoms with Crippen LogP contribution in [0.4, 0.5) is 26.0 Å². The van der Waals surface area contributed by atoms with Gasteiger partial charge in [0.2, 0.25) is 17.7 Å². The van der Waals surface area contributed by atoms with Gasteiger partial charge >= 0.3 is 0 Å². The van der Waals surface area contributed by atoms with Gasteiger partial charge in [-0.3, -0.25) is 14.4 Å². The number of anilines is 3. The third-order valence-corrected chi connectivity index (χ3v) is 8.24. The van der Waals surface area contributed by atoms with Crippen LogP contribution in [-0.2, 0) is 19.1 Å². The summed E-state index contributed by atoms with van der Waals surface area (Å²) in [5.41, 5.74) is -0.106. The lowest BCUT2D eigenvalue weighted by molar-refractivity contribution is -0.143. The molecule has 0 bridgehead atoms. The molecule has 15 heteroatoms. The molecule has 1 fully saturated rings. The number of ether oxygens (including phenoxy) is 2. The van der Waals surface area contributed by atoms with Crippen molar-refractivity contribution in [2.24, 2.45) is 5.41 Å². The van der Waals surface area contributed by atoms with E-state index >= 15 is 0 Å². The van der Waals surface area contributed by atoms with Crippen LogP contribution in [0.15, 0.2) is 30.6 Å². The maximum Gasteiger partial charge on any atom is 0.247 e. The summed E-state index contributed by atoms with van der Waals surface area (Å²) in [6, 6.07) is 3.15. The molecule has 1 saturated heterocycles. The topological polar surface area (TPSA) is 147 Å². The van der Waals surface area contributed by atoms with Gasteiger partial charge in [-0.2, -0.15) is 0 Å². The van der Waals surface area contributed by atoms with Gasteiger partial charge in [0.15, 0.2) is 5.82 Å². The van der Waals surface area contributed by atoms with Crippen molar-refractivity contribution in [1.29, 1.82) is 0 Å². The van der Waals surface area contributed by atoms with Crippen molar-refractivity contribution >= 4 is 57.4 Å². The number of rotatable bonds is 12. The summed E-state index contributed by atoms with van der Waals surface area (Å²) in [5, 5.41) is 11.2. The van der Waals surface area contributed by atoms with Gasteiger partial charge in [-0.05, 0) is 50.4 Å². The highest BCUT2D eigenvalue weighted by Crippen LogP contribution is 2.36. The van der Waals surface area contributed by atoms with Crippen molar-refractivity contribution in [3.8, 4) is 5.75 Å². The van der Waals surface area contributed by atoms with Gasteiger partial charge in [0.1, 0.15) is 47.4 Å². The maximum absolute atomic E-state index is 14.7. The molecule has 0 radical (unpaired) electrons. The van der Waals surface area contributed by atoms with Crippen LogP contribution in [0.3, 0.4) is 0 Å². The smallest absolute Gasteiger partial charge is 0.247 e. The van der Waals surface area contributed by atoms with Gasteiger partial charge < -0.3 is 35.6 Å². The van der Waals surface area contributed by atoms with E-state index in [2.05, 4.69) is 31.2 Å². The molecule has 4 N–H and O–H groups in total. The molecule has 2 aromatic carbocycles. The molecule has 3 amide bonds. The number of nitrogens with zero attached hydrogens (tertiary/aromatic N) is 3. The van der Waals surface area contributed by atoms with Gasteiger partial charge in [-0.15, -0.1) is 0 Å². The fourth-order valence-electron chi connectivity index (χ4n) is 5.12. The van der Waals surface area contributed by atoms with E-state index in [1.54, 1.807) is 26.1 Å². The van der Waals surface area contributed by atoms with Gasteiger partial charge in [0.05, 0.1) is 29.5 Å². The second kappa shape index (κ2) is 15.2. The number of nitrogens with one attached hydrogen (secondary N) is 4. The highest BCUT2D eigenvalue weighted by Gasteiger charge is 2.42. The number of hydrogen-bond acceptors (Lipinski definition) is 9. The van der Waals surface area contributed by atoms with Gasteiger partial charge in [0.25, 0.3) is 0 Å². The Balaban J connectivity index is 1.66. The number of aromatic nitrogens is 2. The zero-order valence-electron chi connectivity index (χ0n) is 27.2. The lowest BCUT2D eigenvalue weighted by Gasteiger charge is -2.36. The lowest BCUT2D eigenvalue weighted by Crippen LogP contribution is -2.59. The molecule has 1 aliphatic heterocycles. The van der Waals surface area contributed by atoms with Crippen LogP contribution >= 0.6 is 11.6 Å². The molecule has 3 aromatic rings. The molecule has 1 aromatic heterocycles. The van der Waals surface area contributed by atoms with Crippen LogP contribution in [0.2, 0.25) is 5.02 Å². The number of amides is 3. The van der Waals surface area contributed by atoms with Crippen LogP contribution in [0.5, 0.6) is 5.75 Å². The molecular formula is C32H40ClF2N7O5. The molecule has 0 saturated carbocycles. The predicted octanol–water partition coefficient (Wildman–Crippen LogP) is 4.40. The summed E-state index contributed by atoms with van der Waals surface area (Å²) in [6.45, 7) is 8.01. The Morgan fingerprint density at radius 2 is 1.87 bits per heavy atom. The monoisotopic (exact) mass is 675 g/mol. The normalized spacial score (nSPS) is 16.1. The van der Waals surface area contributed by atoms with Crippen molar-refractivity contribution in [3.05, 3.63) is 47.2 Å². The maximum atomic E-state index is 14.7. The number of hydrogen-bond donors (Lipinski definition) is 4. The van der Waals surface area contributed by atoms with Gasteiger partial charge in [0, 0.05) is 25.1 Å². The lowest BCUT2D eigenvalue weighted by atomic mass is 9.85. The van der Waals surface area contributed by atoms with Crippen molar-refractivity contribution in [2.75, 3.05) is 44.5 Å². The van der Waals surface area contributed by atoms with E-state index < -0.39 is 46.1 Å². The third-order valence-electron chi connectivity index (χ3n) is 7.89. The predicted molar refractivity (Wildman–Crippen MR) is 175 cm³/mol. The van der Waals surface area contributed by atoms with E-state index in [1.807, 2.05) is 20.8 Å². The van der Waals surface area contributed by atoms with E-state index in [9.17, 15) is 23.2 Å². The van der Waals surface area contributed by atoms with E-state index in [0.717, 1.165) is 6.07 Å². The summed E-state index contributed by atoms with van der Waals surface area (Å²) in [6.07, 6.45) is 2.25. The largest absolute Gasteiger partial charge is 0.489 e. The Kier molecular flexibility index (Phi) is 11.5. The first-order valence-electron chi connectivity index (χ1n) is 15.2. The van der Waals surface area contributed by atoms with E-state index in [-0.39, 0.29) is 48.0 Å². The third kappa shape index (κ3) is 8.24. The average molecular weight is 676 g/mol. The summed E-state index contributed by atoms with van der Waals surface area (Å²) in [5.74, 6) is -2.62. The van der Waals surface area contributed by atoms with E-state index in [4.69, 9.17) is 21.1 Å². The Hall–Kier alpha value is -4.14. The fraction of sp³-hybridized carbons (Fsp3) is 0.469. The van der Waals surface area contributed by atoms with E-state index in [1.165, 1.54) is 24.4 Å². The Bertz CT molecular complexity index is 1640. The Morgan fingerprint density at radius 3 is 2.55 bits per heavy atom. The molecule has 1 aliphatic rings. The van der Waals surface area contributed by atoms with Crippen LogP contribution in [-0.4, -0.2) is 84.6 Å². The molecule has 3 unspecified atom stereocenters. The minimum absolute atomic E-state index is 0.118. The highest BCUT2D eigenvalue weighted by molar-refractivity contribution is 6.31. The standard InChI is InChI=1S/C32H40ClF2N7O5/c1-17(36-5)29(43)41-27(32(2,3)4)31(45)42-11-7-8-23(42)30(44)40-22-14-18-21(15-24(22)47-13-12-46-6)37-16-38-28(18)39-20-10-9-19(34)25(33)26(20)35/h9-10,14-17,23,27,36H,7-8,11-13H2,1-6H3,(H,40,44)(H,41,43)(H,37,38,39). The van der Waals surface area contributed by atoms with Crippen molar-refractivity contribution in [2.45, 2.75) is 58.7 Å². The first-order chi connectivity index (χ1) is 22.3. The van der Waals surface area contributed by atoms with Crippen LogP contribution in [0, 0.1) is 17.0 Å². The van der Waals surface area contributed by atoms with Crippen LogP contribution < -0.4 is 26.0 Å². The van der Waals surface area contributed by atoms with Gasteiger partial charge in [-0.1, -0.05) is 32.4 Å². The summed E-state index contributed by atoms with van der Waals surface area (Å²) in [7, 11) is 3.18. The number of carbonyl (C=O) groups excluding carboxylic acids is 3. The fourth-order valence-corrected chi connectivity index (χ4v) is 5.28. The number of carbonyl (C=O) groups is 3. The summed E-state index contributed by atoms with van der Waals surface area (Å²) < 4.78 is 39.5. The molecule has 3 atom stereocenters. The highest BCUT2D eigenvalue weighted by atomic mass is 35.5. The molecule has 254 valence electrons. The molecule has 0 aliphatic carbocycles. The van der Waals surface area contributed by atoms with Crippen LogP contribution in [0.25, 0.3) is 10.9 Å². The molecule has 0 spiro atoms. The number of halogens is 3. The Labute approximate surface area is 276 Å². The second-order valence-electron chi connectivity index (χ2n) is 12.3. The Morgan fingerprint density at radius 1 is 1.13 bits per heavy atom. The minimum atomic E-state index is -0.998. The SMILES string of the molecule is CNC(C)C(=O)NC(C(=O)N1CCCC1C(=O)Nc1cc2c(Nc3ccc(F)c(Cl)c3F)ncnc2cc1OCCOC)C(C)(C)C. The second-order valence-corrected chi connectivity index (χ2v) is 12.7. The quantitative estimate of drug-likeness (QED) is 0.162. The summed E-state index contributed by atoms with van der Waals surface area (Å²) in [4.78, 5) is 50.5. The van der Waals surface area contributed by atoms with E-state index in [0.29, 0.717) is 30.3 Å². The zero-order valence-corrected chi connectivity index (χ0v) is 27.9. The molecule has 12 nitrogen and oxygen atoms in total. The van der Waals surface area contributed by atoms with Crippen molar-refractivity contribution in [3.63, 3.8) is 0 Å². The minimum Gasteiger partial charge on any atom is -0.489 e. The first-order valence-corrected chi connectivity index (χ1v) is 15.5. The van der Waals surface area contributed by atoms with Gasteiger partial charge in [-0.25, -0.2) is 18.7 Å². The zero-order chi connectivity index (χ0) is 34.5. The number of likely N-dealkylation sites (N-methyl/N-ethyl adjacent to an activating group) is 1. The molecule has 2 heterocycles. The van der Waals surface area contributed by atoms with Crippen molar-refractivity contribution in [1.82, 2.24) is 25.5 Å².